The van der Waals surface area contributed by atoms with Crippen LogP contribution in [0.25, 0.3) is 0 Å². The second-order valence-electron chi connectivity index (χ2n) is 6.12. The van der Waals surface area contributed by atoms with Crippen molar-refractivity contribution >= 4 is 0 Å². The topological polar surface area (TPSA) is 23.5 Å². The molecule has 88 valence electrons. The maximum absolute atomic E-state index is 10.5. The van der Waals surface area contributed by atoms with Crippen molar-refractivity contribution in [2.45, 2.75) is 82.7 Å². The van der Waals surface area contributed by atoms with Crippen molar-refractivity contribution in [3.05, 3.63) is 0 Å². The van der Waals surface area contributed by atoms with Gasteiger partial charge in [-0.2, -0.15) is 5.06 Å². The minimum absolute atomic E-state index is 0.0113. The third-order valence-corrected chi connectivity index (χ3v) is 4.49. The molecule has 0 aromatic carbocycles. The zero-order valence-corrected chi connectivity index (χ0v) is 10.3. The van der Waals surface area contributed by atoms with Gasteiger partial charge in [-0.15, -0.1) is 0 Å². The molecule has 1 spiro atoms. The standard InChI is InChI=1S/C13H25NO/c1-12(2)8-7-11-13(14(12)15)9-5-3-4-6-10-13/h15H,3-11H2,1-2H3. The van der Waals surface area contributed by atoms with Crippen LogP contribution in [0.5, 0.6) is 0 Å². The van der Waals surface area contributed by atoms with Crippen molar-refractivity contribution in [2.75, 3.05) is 0 Å². The van der Waals surface area contributed by atoms with Crippen LogP contribution in [0.15, 0.2) is 0 Å². The van der Waals surface area contributed by atoms with Crippen LogP contribution in [0.2, 0.25) is 0 Å². The summed E-state index contributed by atoms with van der Waals surface area (Å²) < 4.78 is 0. The summed E-state index contributed by atoms with van der Waals surface area (Å²) in [6, 6.07) is 0. The Kier molecular flexibility index (Phi) is 3.09. The first-order valence-corrected chi connectivity index (χ1v) is 6.56. The molecule has 1 saturated heterocycles. The van der Waals surface area contributed by atoms with Gasteiger partial charge < -0.3 is 5.21 Å². The number of rotatable bonds is 0. The summed E-state index contributed by atoms with van der Waals surface area (Å²) in [6.07, 6.45) is 11.3. The molecule has 1 aliphatic heterocycles. The van der Waals surface area contributed by atoms with E-state index in [9.17, 15) is 5.21 Å². The lowest BCUT2D eigenvalue weighted by atomic mass is 9.76. The lowest BCUT2D eigenvalue weighted by molar-refractivity contribution is -0.256. The molecule has 1 saturated carbocycles. The number of piperidine rings is 1. The number of nitrogens with zero attached hydrogens (tertiary/aromatic N) is 1. The van der Waals surface area contributed by atoms with Gasteiger partial charge in [-0.1, -0.05) is 25.7 Å². The van der Waals surface area contributed by atoms with Crippen LogP contribution in [0, 0.1) is 0 Å². The maximum atomic E-state index is 10.5. The fourth-order valence-corrected chi connectivity index (χ4v) is 3.55. The van der Waals surface area contributed by atoms with Gasteiger partial charge in [0.25, 0.3) is 0 Å². The average molecular weight is 211 g/mol. The molecule has 2 nitrogen and oxygen atoms in total. The summed E-state index contributed by atoms with van der Waals surface area (Å²) in [4.78, 5) is 0. The first kappa shape index (κ1) is 11.4. The van der Waals surface area contributed by atoms with Crippen molar-refractivity contribution in [1.82, 2.24) is 5.06 Å². The van der Waals surface area contributed by atoms with E-state index in [4.69, 9.17) is 0 Å². The monoisotopic (exact) mass is 211 g/mol. The van der Waals surface area contributed by atoms with Crippen molar-refractivity contribution in [3.8, 4) is 0 Å². The molecule has 0 amide bonds. The molecule has 0 unspecified atom stereocenters. The maximum Gasteiger partial charge on any atom is 0.0466 e. The lowest BCUT2D eigenvalue weighted by Gasteiger charge is -2.52. The van der Waals surface area contributed by atoms with Gasteiger partial charge in [0, 0.05) is 11.1 Å². The smallest absolute Gasteiger partial charge is 0.0466 e. The number of hydrogen-bond donors (Lipinski definition) is 1. The van der Waals surface area contributed by atoms with E-state index in [0.29, 0.717) is 0 Å². The molecule has 0 bridgehead atoms. The third kappa shape index (κ3) is 2.07. The van der Waals surface area contributed by atoms with E-state index in [2.05, 4.69) is 13.8 Å². The predicted molar refractivity (Wildman–Crippen MR) is 62.0 cm³/mol. The molecule has 2 heteroatoms. The van der Waals surface area contributed by atoms with Gasteiger partial charge in [-0.3, -0.25) is 0 Å². The van der Waals surface area contributed by atoms with Gasteiger partial charge >= 0.3 is 0 Å². The Morgan fingerprint density at radius 2 is 1.33 bits per heavy atom. The molecule has 2 aliphatic rings. The van der Waals surface area contributed by atoms with E-state index >= 15 is 0 Å². The fourth-order valence-electron chi connectivity index (χ4n) is 3.55. The van der Waals surface area contributed by atoms with Crippen molar-refractivity contribution in [2.24, 2.45) is 0 Å². The summed E-state index contributed by atoms with van der Waals surface area (Å²) in [5.74, 6) is 0. The van der Waals surface area contributed by atoms with Crippen LogP contribution < -0.4 is 0 Å². The SMILES string of the molecule is CC1(C)CCCC2(CCCCCC2)N1O. The molecule has 15 heavy (non-hydrogen) atoms. The van der Waals surface area contributed by atoms with E-state index in [1.165, 1.54) is 51.4 Å². The van der Waals surface area contributed by atoms with Crippen LogP contribution in [0.4, 0.5) is 0 Å². The van der Waals surface area contributed by atoms with Crippen molar-refractivity contribution in [1.29, 1.82) is 0 Å². The summed E-state index contributed by atoms with van der Waals surface area (Å²) in [5, 5.41) is 12.2. The Hall–Kier alpha value is -0.0800. The molecule has 0 aromatic rings. The predicted octanol–water partition coefficient (Wildman–Crippen LogP) is 3.73. The molecule has 0 aromatic heterocycles. The van der Waals surface area contributed by atoms with Crippen LogP contribution >= 0.6 is 0 Å². The van der Waals surface area contributed by atoms with Gasteiger partial charge in [0.05, 0.1) is 0 Å². The summed E-state index contributed by atoms with van der Waals surface area (Å²) in [5.41, 5.74) is 0.112. The minimum atomic E-state index is -0.0113. The average Bonchev–Trinajstić information content (AvgIpc) is 2.41. The molecule has 2 rings (SSSR count). The van der Waals surface area contributed by atoms with Gasteiger partial charge in [0.2, 0.25) is 0 Å². The molecular formula is C13H25NO. The molecule has 0 atom stereocenters. The van der Waals surface area contributed by atoms with E-state index in [-0.39, 0.29) is 11.1 Å². The van der Waals surface area contributed by atoms with Gasteiger partial charge in [0.1, 0.15) is 0 Å². The number of hydroxylamine groups is 2. The molecule has 1 heterocycles. The van der Waals surface area contributed by atoms with Gasteiger partial charge in [-0.25, -0.2) is 0 Å². The third-order valence-electron chi connectivity index (χ3n) is 4.49. The summed E-state index contributed by atoms with van der Waals surface area (Å²) >= 11 is 0. The minimum Gasteiger partial charge on any atom is -0.313 e. The van der Waals surface area contributed by atoms with E-state index in [1.807, 2.05) is 0 Å². The zero-order valence-electron chi connectivity index (χ0n) is 10.3. The normalized spacial score (nSPS) is 31.4. The molecular weight excluding hydrogens is 186 g/mol. The summed E-state index contributed by atoms with van der Waals surface area (Å²) in [7, 11) is 0. The van der Waals surface area contributed by atoms with Gasteiger partial charge in [-0.05, 0) is 46.0 Å². The first-order valence-electron chi connectivity index (χ1n) is 6.56. The zero-order chi connectivity index (χ0) is 10.9. The Labute approximate surface area is 93.6 Å². The lowest BCUT2D eigenvalue weighted by Crippen LogP contribution is -2.59. The Bertz CT molecular complexity index is 217. The highest BCUT2D eigenvalue weighted by atomic mass is 16.5. The molecule has 0 radical (unpaired) electrons. The molecule has 1 aliphatic carbocycles. The highest BCUT2D eigenvalue weighted by molar-refractivity contribution is 4.98. The quantitative estimate of drug-likeness (QED) is 0.660. The first-order chi connectivity index (χ1) is 7.07. The largest absolute Gasteiger partial charge is 0.313 e. The highest BCUT2D eigenvalue weighted by Gasteiger charge is 2.46. The highest BCUT2D eigenvalue weighted by Crippen LogP contribution is 2.44. The van der Waals surface area contributed by atoms with Crippen LogP contribution in [-0.4, -0.2) is 21.3 Å². The molecule has 2 fully saturated rings. The van der Waals surface area contributed by atoms with E-state index in [1.54, 1.807) is 5.06 Å². The van der Waals surface area contributed by atoms with Crippen LogP contribution in [0.3, 0.4) is 0 Å². The van der Waals surface area contributed by atoms with Crippen molar-refractivity contribution < 1.29 is 5.21 Å². The van der Waals surface area contributed by atoms with E-state index < -0.39 is 0 Å². The number of hydrogen-bond acceptors (Lipinski definition) is 2. The second-order valence-corrected chi connectivity index (χ2v) is 6.12. The van der Waals surface area contributed by atoms with Gasteiger partial charge in [0.15, 0.2) is 0 Å². The Morgan fingerprint density at radius 3 is 1.93 bits per heavy atom. The van der Waals surface area contributed by atoms with Crippen LogP contribution in [-0.2, 0) is 0 Å². The Balaban J connectivity index is 2.17. The summed E-state index contributed by atoms with van der Waals surface area (Å²) in [6.45, 7) is 4.36. The fraction of sp³-hybridized carbons (Fsp3) is 1.00. The molecule has 1 N–H and O–H groups in total. The van der Waals surface area contributed by atoms with Crippen LogP contribution in [0.1, 0.15) is 71.6 Å². The second kappa shape index (κ2) is 4.06. The Morgan fingerprint density at radius 1 is 0.800 bits per heavy atom. The van der Waals surface area contributed by atoms with E-state index in [0.717, 1.165) is 6.42 Å². The van der Waals surface area contributed by atoms with Crippen molar-refractivity contribution in [3.63, 3.8) is 0 Å².